The highest BCUT2D eigenvalue weighted by molar-refractivity contribution is 7.15. The lowest BCUT2D eigenvalue weighted by Crippen LogP contribution is -2.25. The third kappa shape index (κ3) is 2.91. The van der Waals surface area contributed by atoms with Crippen molar-refractivity contribution < 1.29 is 0 Å². The maximum absolute atomic E-state index is 5.32. The van der Waals surface area contributed by atoms with Crippen LogP contribution in [-0.4, -0.2) is 28.2 Å². The van der Waals surface area contributed by atoms with Gasteiger partial charge in [-0.2, -0.15) is 0 Å². The molecule has 2 aromatic rings. The van der Waals surface area contributed by atoms with Crippen LogP contribution < -0.4 is 11.3 Å². The van der Waals surface area contributed by atoms with E-state index in [-0.39, 0.29) is 0 Å². The van der Waals surface area contributed by atoms with Gasteiger partial charge in [0.05, 0.1) is 6.54 Å². The van der Waals surface area contributed by atoms with Gasteiger partial charge in [0, 0.05) is 13.1 Å². The van der Waals surface area contributed by atoms with Gasteiger partial charge in [0.1, 0.15) is 5.01 Å². The van der Waals surface area contributed by atoms with Crippen LogP contribution in [0.5, 0.6) is 0 Å². The van der Waals surface area contributed by atoms with Crippen molar-refractivity contribution in [2.24, 2.45) is 5.84 Å². The molecule has 6 heteroatoms. The van der Waals surface area contributed by atoms with Crippen molar-refractivity contribution >= 4 is 16.5 Å². The number of benzene rings is 1. The summed E-state index contributed by atoms with van der Waals surface area (Å²) in [6.07, 6.45) is 2.22. The standard InChI is InChI=1S/C13H17N5S/c14-15-13-17-16-12(19-13)9-18-7-5-10-3-1-2-4-11(10)6-8-18/h1-4H,5-9,14H2,(H,15,17). The SMILES string of the molecule is NNc1nnc(CN2CCc3ccccc3CC2)s1. The number of rotatable bonds is 3. The average Bonchev–Trinajstić information content (AvgIpc) is 2.80. The zero-order valence-electron chi connectivity index (χ0n) is 10.7. The number of aromatic nitrogens is 2. The molecule has 0 unspecified atom stereocenters. The number of fused-ring (bicyclic) bond motifs is 1. The summed E-state index contributed by atoms with van der Waals surface area (Å²) in [5.41, 5.74) is 5.49. The highest BCUT2D eigenvalue weighted by Gasteiger charge is 2.15. The van der Waals surface area contributed by atoms with Gasteiger partial charge in [0.25, 0.3) is 0 Å². The highest BCUT2D eigenvalue weighted by Crippen LogP contribution is 2.19. The maximum Gasteiger partial charge on any atom is 0.219 e. The van der Waals surface area contributed by atoms with Gasteiger partial charge < -0.3 is 0 Å². The molecule has 0 spiro atoms. The zero-order chi connectivity index (χ0) is 13.1. The summed E-state index contributed by atoms with van der Waals surface area (Å²) in [5, 5.41) is 9.80. The fourth-order valence-electron chi connectivity index (χ4n) is 2.44. The number of nitrogens with one attached hydrogen (secondary N) is 1. The van der Waals surface area contributed by atoms with E-state index >= 15 is 0 Å². The van der Waals surface area contributed by atoms with Crippen LogP contribution in [0.3, 0.4) is 0 Å². The number of anilines is 1. The van der Waals surface area contributed by atoms with E-state index in [2.05, 4.69) is 44.8 Å². The molecule has 0 amide bonds. The summed E-state index contributed by atoms with van der Waals surface area (Å²) < 4.78 is 0. The van der Waals surface area contributed by atoms with Crippen molar-refractivity contribution in [3.8, 4) is 0 Å². The van der Waals surface area contributed by atoms with E-state index in [1.807, 2.05) is 0 Å². The molecular weight excluding hydrogens is 258 g/mol. The molecule has 3 N–H and O–H groups in total. The molecule has 5 nitrogen and oxygen atoms in total. The predicted molar refractivity (Wildman–Crippen MR) is 76.8 cm³/mol. The number of hydrogen-bond acceptors (Lipinski definition) is 6. The summed E-state index contributed by atoms with van der Waals surface area (Å²) in [6.45, 7) is 3.00. The first-order valence-corrected chi connectivity index (χ1v) is 7.25. The number of nitrogens with two attached hydrogens (primary N) is 1. The molecule has 0 aliphatic carbocycles. The summed E-state index contributed by atoms with van der Waals surface area (Å²) >= 11 is 1.52. The molecule has 0 radical (unpaired) electrons. The Morgan fingerprint density at radius 1 is 1.16 bits per heavy atom. The summed E-state index contributed by atoms with van der Waals surface area (Å²) in [6, 6.07) is 8.72. The molecule has 0 saturated heterocycles. The van der Waals surface area contributed by atoms with Gasteiger partial charge >= 0.3 is 0 Å². The number of nitrogens with zero attached hydrogens (tertiary/aromatic N) is 3. The largest absolute Gasteiger partial charge is 0.298 e. The van der Waals surface area contributed by atoms with Crippen molar-refractivity contribution in [2.75, 3.05) is 18.5 Å². The lowest BCUT2D eigenvalue weighted by Gasteiger charge is -2.17. The Labute approximate surface area is 116 Å². The van der Waals surface area contributed by atoms with Gasteiger partial charge in [-0.3, -0.25) is 10.3 Å². The minimum absolute atomic E-state index is 0.674. The molecule has 3 rings (SSSR count). The first kappa shape index (κ1) is 12.5. The fourth-order valence-corrected chi connectivity index (χ4v) is 3.13. The second-order valence-electron chi connectivity index (χ2n) is 4.69. The van der Waals surface area contributed by atoms with Gasteiger partial charge in [-0.1, -0.05) is 35.6 Å². The van der Waals surface area contributed by atoms with Crippen LogP contribution in [-0.2, 0) is 19.4 Å². The maximum atomic E-state index is 5.32. The van der Waals surface area contributed by atoms with E-state index in [1.54, 1.807) is 0 Å². The van der Waals surface area contributed by atoms with E-state index < -0.39 is 0 Å². The minimum Gasteiger partial charge on any atom is -0.298 e. The molecule has 0 bridgehead atoms. The van der Waals surface area contributed by atoms with E-state index in [0.717, 1.165) is 37.5 Å². The molecule has 100 valence electrons. The van der Waals surface area contributed by atoms with Crippen LogP contribution in [0.15, 0.2) is 24.3 Å². The third-order valence-electron chi connectivity index (χ3n) is 3.46. The molecule has 1 aliphatic rings. The van der Waals surface area contributed by atoms with E-state index in [9.17, 15) is 0 Å². The van der Waals surface area contributed by atoms with Crippen molar-refractivity contribution in [1.82, 2.24) is 15.1 Å². The van der Waals surface area contributed by atoms with Crippen molar-refractivity contribution in [3.05, 3.63) is 40.4 Å². The molecule has 0 atom stereocenters. The number of nitrogen functional groups attached to an aromatic ring is 1. The van der Waals surface area contributed by atoms with Crippen LogP contribution >= 0.6 is 11.3 Å². The van der Waals surface area contributed by atoms with Gasteiger partial charge in [0.2, 0.25) is 5.13 Å². The quantitative estimate of drug-likeness (QED) is 0.655. The zero-order valence-corrected chi connectivity index (χ0v) is 11.5. The molecule has 0 fully saturated rings. The molecule has 0 saturated carbocycles. The molecule has 1 aliphatic heterocycles. The first-order valence-electron chi connectivity index (χ1n) is 6.43. The Morgan fingerprint density at radius 2 is 1.84 bits per heavy atom. The molecule has 1 aromatic carbocycles. The topological polar surface area (TPSA) is 67.1 Å². The first-order chi connectivity index (χ1) is 9.35. The summed E-state index contributed by atoms with van der Waals surface area (Å²) in [7, 11) is 0. The van der Waals surface area contributed by atoms with Crippen LogP contribution in [0.4, 0.5) is 5.13 Å². The predicted octanol–water partition coefficient (Wildman–Crippen LogP) is 1.42. The van der Waals surface area contributed by atoms with E-state index in [4.69, 9.17) is 5.84 Å². The summed E-state index contributed by atoms with van der Waals surface area (Å²) in [4.78, 5) is 2.43. The van der Waals surface area contributed by atoms with Crippen LogP contribution in [0.2, 0.25) is 0 Å². The Balaban J connectivity index is 1.65. The lowest BCUT2D eigenvalue weighted by atomic mass is 10.0. The Hall–Kier alpha value is -1.50. The highest BCUT2D eigenvalue weighted by atomic mass is 32.1. The number of hydrogen-bond donors (Lipinski definition) is 2. The van der Waals surface area contributed by atoms with Crippen LogP contribution in [0.25, 0.3) is 0 Å². The van der Waals surface area contributed by atoms with E-state index in [1.165, 1.54) is 22.5 Å². The normalized spacial score (nSPS) is 15.8. The van der Waals surface area contributed by atoms with E-state index in [0.29, 0.717) is 5.13 Å². The van der Waals surface area contributed by atoms with Gasteiger partial charge in [-0.05, 0) is 24.0 Å². The average molecular weight is 275 g/mol. The van der Waals surface area contributed by atoms with Crippen LogP contribution in [0, 0.1) is 0 Å². The Kier molecular flexibility index (Phi) is 3.72. The molecule has 1 aromatic heterocycles. The Bertz CT molecular complexity index is 526. The van der Waals surface area contributed by atoms with Gasteiger partial charge in [-0.25, -0.2) is 5.84 Å². The van der Waals surface area contributed by atoms with Crippen molar-refractivity contribution in [3.63, 3.8) is 0 Å². The minimum atomic E-state index is 0.674. The number of hydrazine groups is 1. The second kappa shape index (κ2) is 5.64. The monoisotopic (exact) mass is 275 g/mol. The third-order valence-corrected chi connectivity index (χ3v) is 4.30. The molecule has 2 heterocycles. The summed E-state index contributed by atoms with van der Waals surface area (Å²) in [5.74, 6) is 5.32. The molecular formula is C13H17N5S. The van der Waals surface area contributed by atoms with Crippen molar-refractivity contribution in [2.45, 2.75) is 19.4 Å². The lowest BCUT2D eigenvalue weighted by molar-refractivity contribution is 0.278. The van der Waals surface area contributed by atoms with Crippen molar-refractivity contribution in [1.29, 1.82) is 0 Å². The second-order valence-corrected chi connectivity index (χ2v) is 5.75. The molecule has 19 heavy (non-hydrogen) atoms. The Morgan fingerprint density at radius 3 is 2.42 bits per heavy atom. The van der Waals surface area contributed by atoms with Gasteiger partial charge in [-0.15, -0.1) is 10.2 Å². The van der Waals surface area contributed by atoms with Gasteiger partial charge in [0.15, 0.2) is 0 Å². The fraction of sp³-hybridized carbons (Fsp3) is 0.385. The van der Waals surface area contributed by atoms with Crippen LogP contribution in [0.1, 0.15) is 16.1 Å². The smallest absolute Gasteiger partial charge is 0.219 e.